The molecule has 2 saturated heterocycles. The Morgan fingerprint density at radius 3 is 2.57 bits per heavy atom. The zero-order valence-electron chi connectivity index (χ0n) is 13.4. The maximum Gasteiger partial charge on any atom is 0.169 e. The maximum absolute atomic E-state index is 6.48. The molecule has 2 saturated carbocycles. The average Bonchev–Trinajstić information content (AvgIpc) is 2.90. The minimum atomic E-state index is -0.195. The first-order valence-electron chi connectivity index (χ1n) is 9.37. The van der Waals surface area contributed by atoms with Crippen LogP contribution in [0.25, 0.3) is 0 Å². The smallest absolute Gasteiger partial charge is 0.169 e. The number of nitrogens with zero attached hydrogens (tertiary/aromatic N) is 1. The maximum atomic E-state index is 6.48. The van der Waals surface area contributed by atoms with Crippen LogP contribution in [0.15, 0.2) is 0 Å². The molecule has 1 spiro atoms. The number of likely N-dealkylation sites (tertiary alicyclic amines) is 1. The van der Waals surface area contributed by atoms with Crippen LogP contribution in [0.4, 0.5) is 0 Å². The van der Waals surface area contributed by atoms with Gasteiger partial charge in [-0.3, -0.25) is 0 Å². The molecule has 2 heterocycles. The Kier molecular flexibility index (Phi) is 4.25. The Labute approximate surface area is 129 Å². The SMILES string of the molecule is C1CCN(C[C@@H]2CO[C@]3(CC[C@@H]4CCCC[C@H]4C3)O2)CC1. The molecule has 4 fully saturated rings. The lowest BCUT2D eigenvalue weighted by Crippen LogP contribution is -2.43. The van der Waals surface area contributed by atoms with E-state index in [2.05, 4.69) is 4.90 Å². The van der Waals surface area contributed by atoms with Gasteiger partial charge in [-0.15, -0.1) is 0 Å². The van der Waals surface area contributed by atoms with Crippen LogP contribution in [-0.4, -0.2) is 43.0 Å². The number of ether oxygens (including phenoxy) is 2. The summed E-state index contributed by atoms with van der Waals surface area (Å²) in [5.41, 5.74) is 0. The fourth-order valence-electron chi connectivity index (χ4n) is 5.21. The molecule has 0 unspecified atom stereocenters. The summed E-state index contributed by atoms with van der Waals surface area (Å²) >= 11 is 0. The minimum Gasteiger partial charge on any atom is -0.347 e. The molecule has 0 radical (unpaired) electrons. The third-order valence-electron chi connectivity index (χ3n) is 6.36. The van der Waals surface area contributed by atoms with Crippen molar-refractivity contribution in [2.75, 3.05) is 26.2 Å². The Hall–Kier alpha value is -0.120. The van der Waals surface area contributed by atoms with E-state index in [9.17, 15) is 0 Å². The molecule has 4 aliphatic rings. The van der Waals surface area contributed by atoms with Crippen molar-refractivity contribution in [3.8, 4) is 0 Å². The Morgan fingerprint density at radius 1 is 0.905 bits per heavy atom. The van der Waals surface area contributed by atoms with Gasteiger partial charge in [-0.25, -0.2) is 0 Å². The van der Waals surface area contributed by atoms with Crippen molar-refractivity contribution in [1.82, 2.24) is 4.90 Å². The van der Waals surface area contributed by atoms with Gasteiger partial charge < -0.3 is 14.4 Å². The van der Waals surface area contributed by atoms with Gasteiger partial charge in [-0.05, 0) is 50.6 Å². The van der Waals surface area contributed by atoms with Crippen LogP contribution in [0.3, 0.4) is 0 Å². The Balaban J connectivity index is 1.32. The van der Waals surface area contributed by atoms with Crippen LogP contribution in [0.5, 0.6) is 0 Å². The van der Waals surface area contributed by atoms with E-state index in [1.807, 2.05) is 0 Å². The summed E-state index contributed by atoms with van der Waals surface area (Å²) in [6, 6.07) is 0. The van der Waals surface area contributed by atoms with Crippen molar-refractivity contribution in [3.63, 3.8) is 0 Å². The highest BCUT2D eigenvalue weighted by molar-refractivity contribution is 4.92. The van der Waals surface area contributed by atoms with Crippen LogP contribution < -0.4 is 0 Å². The number of hydrogen-bond donors (Lipinski definition) is 0. The van der Waals surface area contributed by atoms with E-state index < -0.39 is 0 Å². The molecule has 0 aromatic carbocycles. The van der Waals surface area contributed by atoms with E-state index >= 15 is 0 Å². The highest BCUT2D eigenvalue weighted by Gasteiger charge is 2.48. The summed E-state index contributed by atoms with van der Waals surface area (Å²) in [6.45, 7) is 4.44. The van der Waals surface area contributed by atoms with E-state index in [0.29, 0.717) is 6.10 Å². The van der Waals surface area contributed by atoms with Gasteiger partial charge in [-0.1, -0.05) is 25.7 Å². The molecule has 4 atom stereocenters. The topological polar surface area (TPSA) is 21.7 Å². The van der Waals surface area contributed by atoms with E-state index in [0.717, 1.165) is 31.4 Å². The first kappa shape index (κ1) is 14.5. The molecule has 0 bridgehead atoms. The largest absolute Gasteiger partial charge is 0.347 e. The van der Waals surface area contributed by atoms with Crippen LogP contribution >= 0.6 is 0 Å². The van der Waals surface area contributed by atoms with Gasteiger partial charge in [0.2, 0.25) is 0 Å². The monoisotopic (exact) mass is 293 g/mol. The van der Waals surface area contributed by atoms with E-state index in [1.54, 1.807) is 0 Å². The molecule has 3 heteroatoms. The quantitative estimate of drug-likeness (QED) is 0.777. The molecule has 2 aliphatic heterocycles. The highest BCUT2D eigenvalue weighted by atomic mass is 16.7. The number of fused-ring (bicyclic) bond motifs is 1. The predicted molar refractivity (Wildman–Crippen MR) is 83.1 cm³/mol. The zero-order valence-corrected chi connectivity index (χ0v) is 13.4. The summed E-state index contributed by atoms with van der Waals surface area (Å²) in [5.74, 6) is 1.65. The lowest BCUT2D eigenvalue weighted by molar-refractivity contribution is -0.208. The lowest BCUT2D eigenvalue weighted by Gasteiger charge is -2.43. The summed E-state index contributed by atoms with van der Waals surface area (Å²) in [7, 11) is 0. The molecular weight excluding hydrogens is 262 g/mol. The fraction of sp³-hybridized carbons (Fsp3) is 1.00. The molecule has 21 heavy (non-hydrogen) atoms. The van der Waals surface area contributed by atoms with Gasteiger partial charge in [-0.2, -0.15) is 0 Å². The molecule has 0 N–H and O–H groups in total. The van der Waals surface area contributed by atoms with Gasteiger partial charge in [0.05, 0.1) is 12.7 Å². The van der Waals surface area contributed by atoms with E-state index in [4.69, 9.17) is 9.47 Å². The van der Waals surface area contributed by atoms with Crippen molar-refractivity contribution in [2.24, 2.45) is 11.8 Å². The van der Waals surface area contributed by atoms with E-state index in [-0.39, 0.29) is 5.79 Å². The van der Waals surface area contributed by atoms with E-state index in [1.165, 1.54) is 70.9 Å². The number of hydrogen-bond acceptors (Lipinski definition) is 3. The first-order valence-corrected chi connectivity index (χ1v) is 9.37. The molecule has 2 aliphatic carbocycles. The minimum absolute atomic E-state index is 0.195. The van der Waals surface area contributed by atoms with Crippen LogP contribution in [-0.2, 0) is 9.47 Å². The Bertz CT molecular complexity index is 355. The molecule has 0 aromatic rings. The summed E-state index contributed by atoms with van der Waals surface area (Å²) < 4.78 is 12.7. The van der Waals surface area contributed by atoms with Crippen LogP contribution in [0.1, 0.15) is 64.2 Å². The molecule has 0 amide bonds. The van der Waals surface area contributed by atoms with Crippen molar-refractivity contribution in [1.29, 1.82) is 0 Å². The summed E-state index contributed by atoms with van der Waals surface area (Å²) in [5, 5.41) is 0. The third kappa shape index (κ3) is 3.16. The second kappa shape index (κ2) is 6.17. The second-order valence-electron chi connectivity index (χ2n) is 7.87. The van der Waals surface area contributed by atoms with Gasteiger partial charge in [0.15, 0.2) is 5.79 Å². The Morgan fingerprint density at radius 2 is 1.71 bits per heavy atom. The van der Waals surface area contributed by atoms with Crippen molar-refractivity contribution < 1.29 is 9.47 Å². The standard InChI is InChI=1S/C18H31NO2/c1-4-10-19(11-5-1)13-17-14-20-18(21-17)9-8-15-6-2-3-7-16(15)12-18/h15-17H,1-14H2/t15-,16-,17+,18+/m0/s1. The second-order valence-corrected chi connectivity index (χ2v) is 7.87. The molecule has 120 valence electrons. The highest BCUT2D eigenvalue weighted by Crippen LogP contribution is 2.48. The van der Waals surface area contributed by atoms with Gasteiger partial charge in [0.1, 0.15) is 0 Å². The van der Waals surface area contributed by atoms with Gasteiger partial charge >= 0.3 is 0 Å². The fourth-order valence-corrected chi connectivity index (χ4v) is 5.21. The molecular formula is C18H31NO2. The number of piperidine rings is 1. The lowest BCUT2D eigenvalue weighted by atomic mass is 9.69. The van der Waals surface area contributed by atoms with Crippen molar-refractivity contribution >= 4 is 0 Å². The van der Waals surface area contributed by atoms with Crippen LogP contribution in [0.2, 0.25) is 0 Å². The first-order chi connectivity index (χ1) is 10.3. The average molecular weight is 293 g/mol. The number of rotatable bonds is 2. The van der Waals surface area contributed by atoms with Crippen molar-refractivity contribution in [2.45, 2.75) is 76.1 Å². The van der Waals surface area contributed by atoms with Crippen molar-refractivity contribution in [3.05, 3.63) is 0 Å². The zero-order chi connectivity index (χ0) is 14.1. The van der Waals surface area contributed by atoms with Gasteiger partial charge in [0.25, 0.3) is 0 Å². The predicted octanol–water partition coefficient (Wildman–Crippen LogP) is 3.57. The summed E-state index contributed by atoms with van der Waals surface area (Å²) in [4.78, 5) is 2.59. The third-order valence-corrected chi connectivity index (χ3v) is 6.36. The molecule has 4 rings (SSSR count). The molecule has 0 aromatic heterocycles. The molecule has 3 nitrogen and oxygen atoms in total. The van der Waals surface area contributed by atoms with Gasteiger partial charge in [0, 0.05) is 19.4 Å². The summed E-state index contributed by atoms with van der Waals surface area (Å²) in [6.07, 6.45) is 13.9. The normalized spacial score (nSPS) is 44.9. The van der Waals surface area contributed by atoms with Crippen LogP contribution in [0, 0.1) is 11.8 Å².